The molecule has 0 aliphatic carbocycles. The maximum Gasteiger partial charge on any atom is 0.191 e. The van der Waals surface area contributed by atoms with Crippen molar-refractivity contribution in [3.8, 4) is 0 Å². The minimum atomic E-state index is -1.62. The lowest BCUT2D eigenvalue weighted by Gasteiger charge is -2.42. The molecule has 324 valence electrons. The van der Waals surface area contributed by atoms with Crippen molar-refractivity contribution in [1.82, 2.24) is 0 Å². The number of hydrogen-bond acceptors (Lipinski definition) is 9. The Hall–Kier alpha value is -0.923. The maximum atomic E-state index is 10.1. The first-order valence-electron chi connectivity index (χ1n) is 23.2. The van der Waals surface area contributed by atoms with Crippen molar-refractivity contribution < 1.29 is 42.7 Å². The number of aliphatic hydroxyl groups excluding tert-OH is 1. The van der Waals surface area contributed by atoms with Gasteiger partial charge in [-0.05, 0) is 104 Å². The minimum Gasteiger partial charge on any atom is -0.417 e. The molecule has 9 nitrogen and oxygen atoms in total. The van der Waals surface area contributed by atoms with Crippen LogP contribution in [0.3, 0.4) is 0 Å². The molecule has 8 rings (SSSR count). The molecular formula is C47H78O9Si. The van der Waals surface area contributed by atoms with Crippen molar-refractivity contribution in [1.29, 1.82) is 0 Å². The van der Waals surface area contributed by atoms with Gasteiger partial charge in [-0.25, -0.2) is 0 Å². The molecule has 8 saturated heterocycles. The van der Waals surface area contributed by atoms with E-state index in [1.165, 1.54) is 29.3 Å². The van der Waals surface area contributed by atoms with Crippen molar-refractivity contribution in [3.05, 3.63) is 37.0 Å². The smallest absolute Gasteiger partial charge is 0.191 e. The van der Waals surface area contributed by atoms with Crippen LogP contribution in [-0.2, 0) is 37.6 Å². The average Bonchev–Trinajstić information content (AvgIpc) is 3.86. The predicted octanol–water partition coefficient (Wildman–Crippen LogP) is 9.08. The first kappa shape index (κ1) is 44.1. The SMILES string of the molecule is C=CC[C@@H]1O[C@@H]2[C@H]3O[C@@H]4C[C@@](CC[C@H]5CC(=C)C(CC[C@H]6C[C@@H](C)C(=C)[C@@H](CC7O[C@H](C[C@H](C)CO[Si](CC)(CC)CC)[C@H](C)[C@H]7CCO)O6)O5)(O[C@H]24)O[C@H]3[C@H]1C. The van der Waals surface area contributed by atoms with E-state index < -0.39 is 14.1 Å². The lowest BCUT2D eigenvalue weighted by Crippen LogP contribution is -2.54. The van der Waals surface area contributed by atoms with Crippen LogP contribution in [-0.4, -0.2) is 106 Å². The van der Waals surface area contributed by atoms with E-state index in [4.69, 9.17) is 37.6 Å². The molecule has 10 heteroatoms. The minimum absolute atomic E-state index is 0.0260. The summed E-state index contributed by atoms with van der Waals surface area (Å²) in [6, 6.07) is 3.53. The van der Waals surface area contributed by atoms with Gasteiger partial charge in [0.05, 0.1) is 54.9 Å². The summed E-state index contributed by atoms with van der Waals surface area (Å²) in [7, 11) is -1.62. The summed E-state index contributed by atoms with van der Waals surface area (Å²) in [5.41, 5.74) is 2.36. The van der Waals surface area contributed by atoms with Gasteiger partial charge in [0.2, 0.25) is 0 Å². The van der Waals surface area contributed by atoms with Crippen LogP contribution in [0.5, 0.6) is 0 Å². The first-order chi connectivity index (χ1) is 27.4. The van der Waals surface area contributed by atoms with Crippen molar-refractivity contribution in [2.75, 3.05) is 13.2 Å². The highest BCUT2D eigenvalue weighted by atomic mass is 28.4. The van der Waals surface area contributed by atoms with E-state index in [0.29, 0.717) is 23.7 Å². The number of aliphatic hydroxyl groups is 1. The van der Waals surface area contributed by atoms with Gasteiger partial charge in [-0.15, -0.1) is 6.58 Å². The van der Waals surface area contributed by atoms with Crippen molar-refractivity contribution >= 4 is 8.32 Å². The molecule has 2 unspecified atom stereocenters. The first-order valence-corrected chi connectivity index (χ1v) is 25.7. The number of hydrogen-bond donors (Lipinski definition) is 1. The second-order valence-electron chi connectivity index (χ2n) is 19.5. The second kappa shape index (κ2) is 18.6. The maximum absolute atomic E-state index is 10.1. The molecule has 8 heterocycles. The van der Waals surface area contributed by atoms with Crippen LogP contribution in [0.1, 0.15) is 119 Å². The lowest BCUT2D eigenvalue weighted by molar-refractivity contribution is -0.262. The quantitative estimate of drug-likeness (QED) is 0.0955. The normalized spacial score (nSPS) is 44.6. The molecule has 0 aromatic heterocycles. The molecule has 8 aliphatic rings. The molecule has 0 radical (unpaired) electrons. The highest BCUT2D eigenvalue weighted by Crippen LogP contribution is 2.54. The number of rotatable bonds is 20. The van der Waals surface area contributed by atoms with Gasteiger partial charge in [0.1, 0.15) is 18.3 Å². The molecule has 6 bridgehead atoms. The van der Waals surface area contributed by atoms with Gasteiger partial charge in [0.15, 0.2) is 14.1 Å². The van der Waals surface area contributed by atoms with Crippen LogP contribution in [0.2, 0.25) is 18.1 Å². The van der Waals surface area contributed by atoms with Gasteiger partial charge < -0.3 is 42.7 Å². The summed E-state index contributed by atoms with van der Waals surface area (Å²) in [5.74, 6) is 1.04. The van der Waals surface area contributed by atoms with E-state index in [0.717, 1.165) is 77.2 Å². The van der Waals surface area contributed by atoms with E-state index in [2.05, 4.69) is 68.2 Å². The summed E-state index contributed by atoms with van der Waals surface area (Å²) >= 11 is 0. The van der Waals surface area contributed by atoms with Crippen LogP contribution in [0, 0.1) is 29.6 Å². The summed E-state index contributed by atoms with van der Waals surface area (Å²) in [5, 5.41) is 10.1. The Kier molecular flexibility index (Phi) is 14.4. The molecule has 0 spiro atoms. The third-order valence-corrected chi connectivity index (χ3v) is 20.5. The van der Waals surface area contributed by atoms with Crippen LogP contribution in [0.25, 0.3) is 0 Å². The molecular weight excluding hydrogens is 737 g/mol. The Morgan fingerprint density at radius 1 is 0.825 bits per heavy atom. The molecule has 8 aliphatic heterocycles. The predicted molar refractivity (Wildman–Crippen MR) is 225 cm³/mol. The van der Waals surface area contributed by atoms with Gasteiger partial charge in [0, 0.05) is 38.4 Å². The molecule has 18 atom stereocenters. The highest BCUT2D eigenvalue weighted by molar-refractivity contribution is 6.73. The standard InChI is InChI=1S/C47H78O9Si/c1-11-15-38-33(10)43-45-46(53-38)44-42(54-45)26-47(55-43,56-44)20-18-35-24-30(7)37(50-35)17-16-34-23-29(6)31(8)40(51-34)25-41-36(19-21-48)32(9)39(52-41)22-28(5)27-49-57(12-2,13-3)14-4/h11,28-29,32-46,48H,1,7-8,12-27H2,2-6,9-10H3/t28-,29+,32+,33-,34-,35-,36+,37?,38-,39+,40+,41?,42+,43-,44-,45-,46-,47+/m0/s1. The van der Waals surface area contributed by atoms with E-state index >= 15 is 0 Å². The molecule has 57 heavy (non-hydrogen) atoms. The van der Waals surface area contributed by atoms with E-state index in [1.54, 1.807) is 0 Å². The summed E-state index contributed by atoms with van der Waals surface area (Å²) in [4.78, 5) is 0. The molecule has 0 saturated carbocycles. The van der Waals surface area contributed by atoms with Crippen LogP contribution < -0.4 is 0 Å². The van der Waals surface area contributed by atoms with E-state index in [-0.39, 0.29) is 85.8 Å². The van der Waals surface area contributed by atoms with Crippen molar-refractivity contribution in [2.24, 2.45) is 29.6 Å². The Bertz CT molecular complexity index is 1380. The zero-order chi connectivity index (χ0) is 40.6. The largest absolute Gasteiger partial charge is 0.417 e. The van der Waals surface area contributed by atoms with E-state index in [9.17, 15) is 5.11 Å². The average molecular weight is 815 g/mol. The van der Waals surface area contributed by atoms with Gasteiger partial charge in [-0.2, -0.15) is 0 Å². The fourth-order valence-electron chi connectivity index (χ4n) is 11.9. The van der Waals surface area contributed by atoms with Gasteiger partial charge >= 0.3 is 0 Å². The van der Waals surface area contributed by atoms with Crippen LogP contribution >= 0.6 is 0 Å². The summed E-state index contributed by atoms with van der Waals surface area (Å²) in [6.45, 7) is 30.0. The van der Waals surface area contributed by atoms with Gasteiger partial charge in [-0.1, -0.05) is 67.7 Å². The monoisotopic (exact) mass is 815 g/mol. The third kappa shape index (κ3) is 9.17. The van der Waals surface area contributed by atoms with Gasteiger partial charge in [0.25, 0.3) is 0 Å². The topological polar surface area (TPSA) is 94.1 Å². The molecule has 1 N–H and O–H groups in total. The second-order valence-corrected chi connectivity index (χ2v) is 24.3. The van der Waals surface area contributed by atoms with Crippen LogP contribution in [0.4, 0.5) is 0 Å². The Morgan fingerprint density at radius 2 is 1.54 bits per heavy atom. The molecule has 8 fully saturated rings. The Balaban J connectivity index is 0.895. The van der Waals surface area contributed by atoms with Crippen molar-refractivity contribution in [3.63, 3.8) is 0 Å². The molecule has 0 aromatic rings. The van der Waals surface area contributed by atoms with Crippen LogP contribution in [0.15, 0.2) is 37.0 Å². The van der Waals surface area contributed by atoms with Gasteiger partial charge in [-0.3, -0.25) is 0 Å². The Morgan fingerprint density at radius 3 is 2.26 bits per heavy atom. The third-order valence-electron chi connectivity index (χ3n) is 15.9. The molecule has 0 aromatic carbocycles. The van der Waals surface area contributed by atoms with E-state index in [1.807, 2.05) is 6.08 Å². The lowest BCUT2D eigenvalue weighted by atomic mass is 9.80. The Labute approximate surface area is 346 Å². The summed E-state index contributed by atoms with van der Waals surface area (Å²) in [6.07, 6.45) is 11.7. The zero-order valence-corrected chi connectivity index (χ0v) is 37.5. The zero-order valence-electron chi connectivity index (χ0n) is 36.5. The fraction of sp³-hybridized carbons (Fsp3) is 0.872. The highest BCUT2D eigenvalue weighted by Gasteiger charge is 2.67. The number of ether oxygens (including phenoxy) is 7. The fourth-order valence-corrected chi connectivity index (χ4v) is 14.6. The molecule has 0 amide bonds. The van der Waals surface area contributed by atoms with Crippen molar-refractivity contribution in [2.45, 2.75) is 216 Å². The summed E-state index contributed by atoms with van der Waals surface area (Å²) < 4.78 is 53.9.